The minimum Gasteiger partial charge on any atom is -0.377 e. The first-order valence-corrected chi connectivity index (χ1v) is 8.80. The molecule has 22 heavy (non-hydrogen) atoms. The molecule has 2 aliphatic rings. The van der Waals surface area contributed by atoms with Crippen molar-refractivity contribution in [3.63, 3.8) is 0 Å². The summed E-state index contributed by atoms with van der Waals surface area (Å²) in [7, 11) is 0. The van der Waals surface area contributed by atoms with Crippen molar-refractivity contribution < 1.29 is 0 Å². The fourth-order valence-corrected chi connectivity index (χ4v) is 4.66. The van der Waals surface area contributed by atoms with Crippen LogP contribution in [0.25, 0.3) is 0 Å². The normalized spacial score (nSPS) is 25.5. The molecule has 0 radical (unpaired) electrons. The van der Waals surface area contributed by atoms with E-state index >= 15 is 0 Å². The Bertz CT molecular complexity index is 768. The van der Waals surface area contributed by atoms with Crippen LogP contribution in [-0.2, 0) is 0 Å². The maximum Gasteiger partial charge on any atom is 0.0565 e. The van der Waals surface area contributed by atoms with Crippen LogP contribution in [0.2, 0.25) is 5.02 Å². The highest BCUT2D eigenvalue weighted by Crippen LogP contribution is 2.53. The summed E-state index contributed by atoms with van der Waals surface area (Å²) in [6, 6.07) is 12.9. The number of rotatable bonds is 1. The standard InChI is InChI=1S/C19H17BrClN/c1-11-9-10-16(21)17-12-6-4-7-13(12)19(22-18(11)17)14-5-2-3-8-15(14)20/h2-6,8-10,12-13,19,22H,7H2,1H3/t12-,13+,19-/m1/s1. The number of allylic oxidation sites excluding steroid dienone is 2. The Balaban J connectivity index is 1.88. The van der Waals surface area contributed by atoms with E-state index in [1.807, 2.05) is 6.07 Å². The average molecular weight is 375 g/mol. The third-order valence-corrected chi connectivity index (χ3v) is 5.97. The molecule has 0 bridgehead atoms. The van der Waals surface area contributed by atoms with Gasteiger partial charge in [-0.1, -0.05) is 63.9 Å². The summed E-state index contributed by atoms with van der Waals surface area (Å²) < 4.78 is 1.17. The molecule has 0 fully saturated rings. The van der Waals surface area contributed by atoms with Gasteiger partial charge in [-0.3, -0.25) is 0 Å². The Morgan fingerprint density at radius 1 is 1.18 bits per heavy atom. The number of nitrogens with one attached hydrogen (secondary N) is 1. The van der Waals surface area contributed by atoms with Crippen molar-refractivity contribution in [3.05, 3.63) is 74.7 Å². The van der Waals surface area contributed by atoms with E-state index in [1.54, 1.807) is 0 Å². The Hall–Kier alpha value is -1.25. The fourth-order valence-electron chi connectivity index (χ4n) is 3.84. The largest absolute Gasteiger partial charge is 0.377 e. The van der Waals surface area contributed by atoms with Crippen LogP contribution >= 0.6 is 27.5 Å². The van der Waals surface area contributed by atoms with Crippen LogP contribution in [0.4, 0.5) is 5.69 Å². The van der Waals surface area contributed by atoms with Gasteiger partial charge in [0.05, 0.1) is 6.04 Å². The highest BCUT2D eigenvalue weighted by molar-refractivity contribution is 9.10. The zero-order valence-electron chi connectivity index (χ0n) is 12.3. The van der Waals surface area contributed by atoms with Crippen molar-refractivity contribution in [1.29, 1.82) is 0 Å². The van der Waals surface area contributed by atoms with Gasteiger partial charge < -0.3 is 5.32 Å². The molecule has 0 amide bonds. The summed E-state index contributed by atoms with van der Waals surface area (Å²) in [6.07, 6.45) is 5.72. The minimum absolute atomic E-state index is 0.306. The van der Waals surface area contributed by atoms with E-state index in [4.69, 9.17) is 11.6 Å². The van der Waals surface area contributed by atoms with E-state index in [1.165, 1.54) is 26.9 Å². The van der Waals surface area contributed by atoms with Crippen molar-refractivity contribution in [2.24, 2.45) is 5.92 Å². The van der Waals surface area contributed by atoms with Gasteiger partial charge in [-0.25, -0.2) is 0 Å². The zero-order chi connectivity index (χ0) is 15.3. The molecule has 0 unspecified atom stereocenters. The van der Waals surface area contributed by atoms with Crippen LogP contribution in [0.1, 0.15) is 35.1 Å². The van der Waals surface area contributed by atoms with Crippen molar-refractivity contribution in [3.8, 4) is 0 Å². The second kappa shape index (κ2) is 5.43. The van der Waals surface area contributed by atoms with Crippen LogP contribution in [0.5, 0.6) is 0 Å². The molecule has 3 atom stereocenters. The molecule has 1 N–H and O–H groups in total. The maximum absolute atomic E-state index is 6.52. The maximum atomic E-state index is 6.52. The van der Waals surface area contributed by atoms with Crippen molar-refractivity contribution >= 4 is 33.2 Å². The first-order chi connectivity index (χ1) is 10.7. The van der Waals surface area contributed by atoms with Gasteiger partial charge in [-0.05, 0) is 42.5 Å². The fraction of sp³-hybridized carbons (Fsp3) is 0.263. The van der Waals surface area contributed by atoms with Gasteiger partial charge >= 0.3 is 0 Å². The first-order valence-electron chi connectivity index (χ1n) is 7.63. The molecule has 0 saturated heterocycles. The number of hydrogen-bond donors (Lipinski definition) is 1. The second-order valence-electron chi connectivity index (χ2n) is 6.15. The molecule has 1 aliphatic carbocycles. The van der Waals surface area contributed by atoms with Gasteiger partial charge in [0.15, 0.2) is 0 Å². The van der Waals surface area contributed by atoms with E-state index in [9.17, 15) is 0 Å². The van der Waals surface area contributed by atoms with Gasteiger partial charge in [0.2, 0.25) is 0 Å². The molecular weight excluding hydrogens is 358 g/mol. The molecule has 3 heteroatoms. The third kappa shape index (κ3) is 2.12. The molecule has 2 aromatic rings. The molecule has 112 valence electrons. The summed E-state index contributed by atoms with van der Waals surface area (Å²) in [4.78, 5) is 0. The van der Waals surface area contributed by atoms with E-state index < -0.39 is 0 Å². The molecule has 0 spiro atoms. The minimum atomic E-state index is 0.306. The summed E-state index contributed by atoms with van der Waals surface area (Å²) >= 11 is 10.2. The molecule has 0 saturated carbocycles. The van der Waals surface area contributed by atoms with Gasteiger partial charge in [0, 0.05) is 26.7 Å². The number of anilines is 1. The molecule has 1 aliphatic heterocycles. The lowest BCUT2D eigenvalue weighted by Gasteiger charge is -2.39. The predicted molar refractivity (Wildman–Crippen MR) is 96.7 cm³/mol. The Labute approximate surface area is 144 Å². The molecule has 4 rings (SSSR count). The molecule has 1 heterocycles. The molecule has 2 aromatic carbocycles. The van der Waals surface area contributed by atoms with Crippen LogP contribution in [0, 0.1) is 12.8 Å². The monoisotopic (exact) mass is 373 g/mol. The second-order valence-corrected chi connectivity index (χ2v) is 7.41. The molecular formula is C19H17BrClN. The SMILES string of the molecule is Cc1ccc(Cl)c2c1N[C@@H](c1ccccc1Br)[C@H]1CC=C[C@@H]21. The van der Waals surface area contributed by atoms with E-state index in [0.717, 1.165) is 11.4 Å². The van der Waals surface area contributed by atoms with Crippen molar-refractivity contribution in [2.75, 3.05) is 5.32 Å². The van der Waals surface area contributed by atoms with Crippen LogP contribution in [0.3, 0.4) is 0 Å². The number of halogens is 2. The Morgan fingerprint density at radius 2 is 2.00 bits per heavy atom. The number of fused-ring (bicyclic) bond motifs is 3. The van der Waals surface area contributed by atoms with Crippen molar-refractivity contribution in [1.82, 2.24) is 0 Å². The first kappa shape index (κ1) is 14.3. The van der Waals surface area contributed by atoms with Gasteiger partial charge in [-0.15, -0.1) is 0 Å². The summed E-state index contributed by atoms with van der Waals surface area (Å²) in [5.74, 6) is 0.922. The van der Waals surface area contributed by atoms with Gasteiger partial charge in [-0.2, -0.15) is 0 Å². The Kier molecular flexibility index (Phi) is 3.54. The predicted octanol–water partition coefficient (Wildman–Crippen LogP) is 6.24. The van der Waals surface area contributed by atoms with Gasteiger partial charge in [0.25, 0.3) is 0 Å². The van der Waals surface area contributed by atoms with E-state index in [2.05, 4.69) is 70.7 Å². The average Bonchev–Trinajstić information content (AvgIpc) is 3.00. The third-order valence-electron chi connectivity index (χ3n) is 4.92. The lowest BCUT2D eigenvalue weighted by molar-refractivity contribution is 0.424. The molecule has 0 aromatic heterocycles. The van der Waals surface area contributed by atoms with Crippen LogP contribution < -0.4 is 5.32 Å². The lowest BCUT2D eigenvalue weighted by Crippen LogP contribution is -2.30. The number of benzene rings is 2. The highest BCUT2D eigenvalue weighted by Gasteiger charge is 2.40. The lowest BCUT2D eigenvalue weighted by atomic mass is 9.76. The quantitative estimate of drug-likeness (QED) is 0.583. The van der Waals surface area contributed by atoms with Crippen LogP contribution in [-0.4, -0.2) is 0 Å². The summed E-state index contributed by atoms with van der Waals surface area (Å²) in [5.41, 5.74) is 5.06. The van der Waals surface area contributed by atoms with Gasteiger partial charge in [0.1, 0.15) is 0 Å². The topological polar surface area (TPSA) is 12.0 Å². The summed E-state index contributed by atoms with van der Waals surface area (Å²) in [5, 5.41) is 4.66. The Morgan fingerprint density at radius 3 is 2.82 bits per heavy atom. The number of aryl methyl sites for hydroxylation is 1. The van der Waals surface area contributed by atoms with E-state index in [0.29, 0.717) is 17.9 Å². The highest BCUT2D eigenvalue weighted by atomic mass is 79.9. The summed E-state index contributed by atoms with van der Waals surface area (Å²) in [6.45, 7) is 2.15. The van der Waals surface area contributed by atoms with Crippen molar-refractivity contribution in [2.45, 2.75) is 25.3 Å². The zero-order valence-corrected chi connectivity index (χ0v) is 14.7. The smallest absolute Gasteiger partial charge is 0.0565 e. The molecule has 1 nitrogen and oxygen atoms in total. The number of hydrogen-bond acceptors (Lipinski definition) is 1. The van der Waals surface area contributed by atoms with E-state index in [-0.39, 0.29) is 0 Å². The van der Waals surface area contributed by atoms with Crippen LogP contribution in [0.15, 0.2) is 53.0 Å².